The Balaban J connectivity index is 2.90. The topological polar surface area (TPSA) is 65.1 Å². The summed E-state index contributed by atoms with van der Waals surface area (Å²) in [5.74, 6) is 6.77. The molecule has 1 aromatic rings. The molecule has 0 aliphatic heterocycles. The maximum atomic E-state index is 5.73. The van der Waals surface area contributed by atoms with Crippen LogP contribution in [0.25, 0.3) is 0 Å². The normalized spacial score (nSPS) is 13.8. The Morgan fingerprint density at radius 1 is 1.44 bits per heavy atom. The number of hydrogen-bond acceptors (Lipinski definition) is 4. The number of hydrogen-bond donors (Lipinski definition) is 2. The van der Waals surface area contributed by atoms with Gasteiger partial charge in [0.05, 0.1) is 11.6 Å². The molecular weight excluding hydrogens is 228 g/mol. The Labute approximate surface area is 110 Å². The largest absolute Gasteiger partial charge is 0.377 e. The number of ether oxygens (including phenoxy) is 1. The van der Waals surface area contributed by atoms with E-state index in [-0.39, 0.29) is 11.6 Å². The molecule has 104 valence electrons. The summed E-state index contributed by atoms with van der Waals surface area (Å²) >= 11 is 0. The summed E-state index contributed by atoms with van der Waals surface area (Å²) in [6.45, 7) is 7.29. The van der Waals surface area contributed by atoms with Crippen molar-refractivity contribution in [2.45, 2.75) is 58.2 Å². The molecule has 0 aliphatic rings. The fourth-order valence-electron chi connectivity index (χ4n) is 2.57. The van der Waals surface area contributed by atoms with Crippen molar-refractivity contribution in [2.24, 2.45) is 5.84 Å². The van der Waals surface area contributed by atoms with Crippen molar-refractivity contribution < 1.29 is 4.74 Å². The van der Waals surface area contributed by atoms with Crippen LogP contribution in [0.1, 0.15) is 39.4 Å². The maximum Gasteiger partial charge on any atom is 0.110 e. The number of aryl methyl sites for hydroxylation is 1. The van der Waals surface area contributed by atoms with Gasteiger partial charge in [0, 0.05) is 32.5 Å². The van der Waals surface area contributed by atoms with Crippen LogP contribution >= 0.6 is 0 Å². The Morgan fingerprint density at radius 2 is 2.11 bits per heavy atom. The van der Waals surface area contributed by atoms with Gasteiger partial charge in [-0.15, -0.1) is 0 Å². The van der Waals surface area contributed by atoms with Gasteiger partial charge in [0.25, 0.3) is 0 Å². The molecule has 0 amide bonds. The molecular formula is C13H26N4O. The Morgan fingerprint density at radius 3 is 2.56 bits per heavy atom. The van der Waals surface area contributed by atoms with Crippen LogP contribution in [0.15, 0.2) is 12.4 Å². The molecule has 1 unspecified atom stereocenters. The van der Waals surface area contributed by atoms with Crippen LogP contribution in [0.5, 0.6) is 0 Å². The number of imidazole rings is 1. The van der Waals surface area contributed by atoms with Gasteiger partial charge in [0.1, 0.15) is 5.82 Å². The van der Waals surface area contributed by atoms with Crippen molar-refractivity contribution in [2.75, 3.05) is 7.11 Å². The molecule has 5 heteroatoms. The van der Waals surface area contributed by atoms with Gasteiger partial charge in [-0.1, -0.05) is 13.8 Å². The Kier molecular flexibility index (Phi) is 5.78. The van der Waals surface area contributed by atoms with Gasteiger partial charge < -0.3 is 9.30 Å². The summed E-state index contributed by atoms with van der Waals surface area (Å²) in [4.78, 5) is 4.40. The molecule has 5 nitrogen and oxygen atoms in total. The summed E-state index contributed by atoms with van der Waals surface area (Å²) in [7, 11) is 1.75. The van der Waals surface area contributed by atoms with Crippen molar-refractivity contribution in [3.05, 3.63) is 18.2 Å². The highest BCUT2D eigenvalue weighted by Crippen LogP contribution is 2.26. The minimum atomic E-state index is -0.237. The van der Waals surface area contributed by atoms with Crippen LogP contribution in [0, 0.1) is 0 Å². The number of methoxy groups -OCH3 is 1. The number of nitrogens with two attached hydrogens (primary N) is 1. The van der Waals surface area contributed by atoms with Gasteiger partial charge in [-0.3, -0.25) is 11.3 Å². The van der Waals surface area contributed by atoms with Gasteiger partial charge in [-0.2, -0.15) is 0 Å². The number of nitrogens with zero attached hydrogens (tertiary/aromatic N) is 2. The van der Waals surface area contributed by atoms with Crippen LogP contribution in [0.2, 0.25) is 0 Å². The van der Waals surface area contributed by atoms with Crippen LogP contribution < -0.4 is 11.3 Å². The quantitative estimate of drug-likeness (QED) is 0.545. The van der Waals surface area contributed by atoms with E-state index < -0.39 is 0 Å². The standard InChI is InChI=1S/C13H26N4O/c1-5-13(6-2,18-4)11(16-14)10-12-15-8-9-17(12)7-3/h8-9,11,16H,5-7,10,14H2,1-4H3. The predicted molar refractivity (Wildman–Crippen MR) is 73.0 cm³/mol. The van der Waals surface area contributed by atoms with Gasteiger partial charge in [0.2, 0.25) is 0 Å². The second-order valence-corrected chi connectivity index (χ2v) is 4.53. The van der Waals surface area contributed by atoms with Gasteiger partial charge in [-0.05, 0) is 19.8 Å². The second kappa shape index (κ2) is 6.87. The van der Waals surface area contributed by atoms with E-state index in [0.717, 1.165) is 31.6 Å². The zero-order chi connectivity index (χ0) is 13.6. The SMILES string of the molecule is CCn1ccnc1CC(NN)C(CC)(CC)OC. The van der Waals surface area contributed by atoms with E-state index in [0.29, 0.717) is 0 Å². The van der Waals surface area contributed by atoms with Crippen LogP contribution in [-0.4, -0.2) is 28.3 Å². The highest BCUT2D eigenvalue weighted by Gasteiger charge is 2.35. The number of nitrogens with one attached hydrogen (secondary N) is 1. The Hall–Kier alpha value is -0.910. The monoisotopic (exact) mass is 254 g/mol. The van der Waals surface area contributed by atoms with Crippen molar-refractivity contribution in [3.63, 3.8) is 0 Å². The van der Waals surface area contributed by atoms with E-state index in [1.165, 1.54) is 0 Å². The van der Waals surface area contributed by atoms with E-state index in [9.17, 15) is 0 Å². The molecule has 0 aromatic carbocycles. The molecule has 0 saturated heterocycles. The van der Waals surface area contributed by atoms with Crippen molar-refractivity contribution in [1.29, 1.82) is 0 Å². The van der Waals surface area contributed by atoms with Crippen molar-refractivity contribution >= 4 is 0 Å². The predicted octanol–water partition coefficient (Wildman–Crippen LogP) is 1.48. The van der Waals surface area contributed by atoms with Crippen LogP contribution in [0.4, 0.5) is 0 Å². The molecule has 0 spiro atoms. The van der Waals surface area contributed by atoms with Gasteiger partial charge in [0.15, 0.2) is 0 Å². The molecule has 1 rings (SSSR count). The maximum absolute atomic E-state index is 5.73. The lowest BCUT2D eigenvalue weighted by Crippen LogP contribution is -2.55. The fourth-order valence-corrected chi connectivity index (χ4v) is 2.57. The molecule has 0 radical (unpaired) electrons. The zero-order valence-electron chi connectivity index (χ0n) is 11.9. The molecule has 3 N–H and O–H groups in total. The van der Waals surface area contributed by atoms with Gasteiger partial charge >= 0.3 is 0 Å². The average Bonchev–Trinajstić information content (AvgIpc) is 2.87. The Bertz CT molecular complexity index is 338. The smallest absolute Gasteiger partial charge is 0.110 e. The van der Waals surface area contributed by atoms with Gasteiger partial charge in [-0.25, -0.2) is 4.98 Å². The molecule has 0 saturated carbocycles. The van der Waals surface area contributed by atoms with Crippen molar-refractivity contribution in [3.8, 4) is 0 Å². The molecule has 1 aromatic heterocycles. The first-order valence-electron chi connectivity index (χ1n) is 6.68. The first kappa shape index (κ1) is 15.1. The molecule has 0 fully saturated rings. The lowest BCUT2D eigenvalue weighted by molar-refractivity contribution is -0.0479. The minimum absolute atomic E-state index is 0.0604. The summed E-state index contributed by atoms with van der Waals surface area (Å²) in [5.41, 5.74) is 2.67. The number of rotatable bonds is 8. The number of hydrazine groups is 1. The summed E-state index contributed by atoms with van der Waals surface area (Å²) in [5, 5.41) is 0. The van der Waals surface area contributed by atoms with E-state index in [4.69, 9.17) is 10.6 Å². The molecule has 0 aliphatic carbocycles. The molecule has 1 heterocycles. The van der Waals surface area contributed by atoms with Crippen LogP contribution in [-0.2, 0) is 17.7 Å². The third-order valence-corrected chi connectivity index (χ3v) is 3.97. The third-order valence-electron chi connectivity index (χ3n) is 3.97. The van der Waals surface area contributed by atoms with E-state index in [1.807, 2.05) is 12.4 Å². The van der Waals surface area contributed by atoms with Crippen molar-refractivity contribution in [1.82, 2.24) is 15.0 Å². The highest BCUT2D eigenvalue weighted by molar-refractivity contribution is 5.01. The second-order valence-electron chi connectivity index (χ2n) is 4.53. The molecule has 1 atom stereocenters. The molecule has 0 bridgehead atoms. The lowest BCUT2D eigenvalue weighted by atomic mass is 9.86. The number of aromatic nitrogens is 2. The average molecular weight is 254 g/mol. The zero-order valence-corrected chi connectivity index (χ0v) is 11.9. The minimum Gasteiger partial charge on any atom is -0.377 e. The lowest BCUT2D eigenvalue weighted by Gasteiger charge is -2.38. The summed E-state index contributed by atoms with van der Waals surface area (Å²) in [6.07, 6.45) is 6.43. The van der Waals surface area contributed by atoms with E-state index in [2.05, 4.69) is 35.7 Å². The van der Waals surface area contributed by atoms with E-state index in [1.54, 1.807) is 7.11 Å². The fraction of sp³-hybridized carbons (Fsp3) is 0.769. The van der Waals surface area contributed by atoms with E-state index >= 15 is 0 Å². The first-order chi connectivity index (χ1) is 8.67. The highest BCUT2D eigenvalue weighted by atomic mass is 16.5. The van der Waals surface area contributed by atoms with Crippen LogP contribution in [0.3, 0.4) is 0 Å². The third kappa shape index (κ3) is 2.91. The summed E-state index contributed by atoms with van der Waals surface area (Å²) in [6, 6.07) is 0.0604. The summed E-state index contributed by atoms with van der Waals surface area (Å²) < 4.78 is 7.87. The molecule has 18 heavy (non-hydrogen) atoms. The first-order valence-corrected chi connectivity index (χ1v) is 6.68.